The minimum Gasteiger partial charge on any atom is -0.330 e. The molecule has 0 saturated carbocycles. The first kappa shape index (κ1) is 17.6. The van der Waals surface area contributed by atoms with Crippen molar-refractivity contribution in [3.63, 3.8) is 0 Å². The van der Waals surface area contributed by atoms with Crippen LogP contribution in [0.3, 0.4) is 0 Å². The van der Waals surface area contributed by atoms with Gasteiger partial charge in [0.05, 0.1) is 0 Å². The van der Waals surface area contributed by atoms with Crippen LogP contribution in [0.15, 0.2) is 23.2 Å². The molecule has 0 bridgehead atoms. The molecule has 0 aromatic heterocycles. The number of halogens is 1. The third kappa shape index (κ3) is 3.09. The summed E-state index contributed by atoms with van der Waals surface area (Å²) in [6, 6.07) is 6.25. The Morgan fingerprint density at radius 3 is 2.96 bits per heavy atom. The van der Waals surface area contributed by atoms with E-state index in [0.717, 1.165) is 23.8 Å². The van der Waals surface area contributed by atoms with Gasteiger partial charge in [-0.3, -0.25) is 4.72 Å². The van der Waals surface area contributed by atoms with Gasteiger partial charge in [0.15, 0.2) is 10.5 Å². The van der Waals surface area contributed by atoms with Gasteiger partial charge in [0.2, 0.25) is 0 Å². The zero-order valence-corrected chi connectivity index (χ0v) is 17.4. The normalized spacial score (nSPS) is 28.2. The van der Waals surface area contributed by atoms with E-state index in [4.69, 9.17) is 0 Å². The lowest BCUT2D eigenvalue weighted by molar-refractivity contribution is 0.299. The van der Waals surface area contributed by atoms with Crippen molar-refractivity contribution in [3.8, 4) is 0 Å². The number of hydrogen-bond donors (Lipinski definition) is 1. The summed E-state index contributed by atoms with van der Waals surface area (Å²) in [6.45, 7) is 0.712. The molecule has 25 heavy (non-hydrogen) atoms. The summed E-state index contributed by atoms with van der Waals surface area (Å²) in [5, 5.41) is 0.120. The molecule has 9 heteroatoms. The van der Waals surface area contributed by atoms with E-state index in [2.05, 4.69) is 44.6 Å². The summed E-state index contributed by atoms with van der Waals surface area (Å²) in [5.74, 6) is 0.883. The SMILES string of the molecule is CN(C)C1CCc2ccc(NS(=O)(=O)C3C(Br)N=C4SCCN43)cc21. The van der Waals surface area contributed by atoms with Crippen molar-refractivity contribution in [3.05, 3.63) is 29.3 Å². The molecule has 3 unspecified atom stereocenters. The molecule has 1 aromatic rings. The number of rotatable bonds is 4. The molecular weight excluding hydrogens is 424 g/mol. The third-order valence-electron chi connectivity index (χ3n) is 4.98. The van der Waals surface area contributed by atoms with E-state index in [1.54, 1.807) is 11.8 Å². The second-order valence-electron chi connectivity index (χ2n) is 6.80. The molecule has 1 aromatic carbocycles. The van der Waals surface area contributed by atoms with Crippen molar-refractivity contribution >= 4 is 48.6 Å². The molecule has 0 spiro atoms. The minimum atomic E-state index is -3.58. The van der Waals surface area contributed by atoms with Gasteiger partial charge in [-0.05, 0) is 50.2 Å². The highest BCUT2D eigenvalue weighted by molar-refractivity contribution is 9.09. The summed E-state index contributed by atoms with van der Waals surface area (Å²) in [6.07, 6.45) is 2.12. The van der Waals surface area contributed by atoms with E-state index in [1.807, 2.05) is 23.1 Å². The third-order valence-corrected chi connectivity index (χ3v) is 8.69. The largest absolute Gasteiger partial charge is 0.330 e. The number of aliphatic imine (C=N–C) groups is 1. The Morgan fingerprint density at radius 1 is 1.40 bits per heavy atom. The van der Waals surface area contributed by atoms with E-state index in [-0.39, 0.29) is 0 Å². The van der Waals surface area contributed by atoms with Crippen molar-refractivity contribution < 1.29 is 8.42 Å². The zero-order chi connectivity index (χ0) is 17.8. The van der Waals surface area contributed by atoms with Crippen LogP contribution in [0.5, 0.6) is 0 Å². The fourth-order valence-corrected chi connectivity index (χ4v) is 7.84. The lowest BCUT2D eigenvalue weighted by Crippen LogP contribution is -2.44. The lowest BCUT2D eigenvalue weighted by Gasteiger charge is -2.25. The van der Waals surface area contributed by atoms with Crippen LogP contribution in [0.4, 0.5) is 5.69 Å². The summed E-state index contributed by atoms with van der Waals surface area (Å²) >= 11 is 5.03. The Bertz CT molecular complexity index is 827. The molecule has 1 aliphatic carbocycles. The van der Waals surface area contributed by atoms with Gasteiger partial charge in [-0.25, -0.2) is 13.4 Å². The fraction of sp³-hybridized carbons (Fsp3) is 0.562. The zero-order valence-electron chi connectivity index (χ0n) is 14.1. The van der Waals surface area contributed by atoms with Crippen LogP contribution in [-0.2, 0) is 16.4 Å². The Labute approximate surface area is 161 Å². The van der Waals surface area contributed by atoms with Crippen LogP contribution >= 0.6 is 27.7 Å². The first-order chi connectivity index (χ1) is 11.9. The number of sulfonamides is 1. The van der Waals surface area contributed by atoms with Gasteiger partial charge >= 0.3 is 0 Å². The Morgan fingerprint density at radius 2 is 2.20 bits per heavy atom. The average Bonchev–Trinajstić information content (AvgIpc) is 3.19. The summed E-state index contributed by atoms with van der Waals surface area (Å²) in [7, 11) is 0.544. The number of hydrogen-bond acceptors (Lipinski definition) is 6. The topological polar surface area (TPSA) is 65.0 Å². The second kappa shape index (κ2) is 6.44. The van der Waals surface area contributed by atoms with E-state index in [9.17, 15) is 8.42 Å². The number of nitrogens with one attached hydrogen (secondary N) is 1. The van der Waals surface area contributed by atoms with E-state index >= 15 is 0 Å². The second-order valence-corrected chi connectivity index (χ2v) is 10.6. The quantitative estimate of drug-likeness (QED) is 0.570. The number of anilines is 1. The first-order valence-corrected chi connectivity index (χ1v) is 11.7. The first-order valence-electron chi connectivity index (χ1n) is 8.29. The van der Waals surface area contributed by atoms with Gasteiger partial charge in [-0.15, -0.1) is 0 Å². The van der Waals surface area contributed by atoms with Crippen molar-refractivity contribution in [1.29, 1.82) is 0 Å². The number of alkyl halides is 1. The van der Waals surface area contributed by atoms with E-state index in [0.29, 0.717) is 18.3 Å². The number of fused-ring (bicyclic) bond motifs is 2. The smallest absolute Gasteiger partial charge is 0.257 e. The Balaban J connectivity index is 1.59. The molecule has 136 valence electrons. The molecule has 0 amide bonds. The molecule has 3 aliphatic rings. The lowest BCUT2D eigenvalue weighted by atomic mass is 10.1. The monoisotopic (exact) mass is 444 g/mol. The van der Waals surface area contributed by atoms with Crippen molar-refractivity contribution in [2.75, 3.05) is 31.1 Å². The molecule has 6 nitrogen and oxygen atoms in total. The van der Waals surface area contributed by atoms with Crippen LogP contribution in [0.25, 0.3) is 0 Å². The number of amidine groups is 1. The predicted molar refractivity (Wildman–Crippen MR) is 107 cm³/mol. The molecule has 1 fully saturated rings. The van der Waals surface area contributed by atoms with Crippen LogP contribution in [0.2, 0.25) is 0 Å². The standard InChI is InChI=1S/C16H21BrN4O2S2/c1-20(2)13-6-4-10-3-5-11(9-12(10)13)19-25(22,23)15-14(17)18-16-21(15)7-8-24-16/h3,5,9,13-15,19H,4,6-8H2,1-2H3. The molecule has 4 rings (SSSR count). The van der Waals surface area contributed by atoms with E-state index in [1.165, 1.54) is 11.1 Å². The van der Waals surface area contributed by atoms with Gasteiger partial charge < -0.3 is 9.80 Å². The summed E-state index contributed by atoms with van der Waals surface area (Å²) in [4.78, 5) is 8.06. The van der Waals surface area contributed by atoms with Crippen molar-refractivity contribution in [2.24, 2.45) is 4.99 Å². The summed E-state index contributed by atoms with van der Waals surface area (Å²) in [5.41, 5.74) is 3.16. The van der Waals surface area contributed by atoms with Crippen LogP contribution < -0.4 is 4.72 Å². The van der Waals surface area contributed by atoms with Gasteiger partial charge in [0, 0.05) is 24.0 Å². The van der Waals surface area contributed by atoms with Crippen molar-refractivity contribution in [2.45, 2.75) is 29.2 Å². The van der Waals surface area contributed by atoms with Gasteiger partial charge in [-0.1, -0.05) is 33.8 Å². The maximum absolute atomic E-state index is 13.0. The summed E-state index contributed by atoms with van der Waals surface area (Å²) < 4.78 is 28.8. The van der Waals surface area contributed by atoms with E-state index < -0.39 is 20.3 Å². The molecule has 2 aliphatic heterocycles. The highest BCUT2D eigenvalue weighted by atomic mass is 79.9. The highest BCUT2D eigenvalue weighted by Gasteiger charge is 2.46. The molecular formula is C16H21BrN4O2S2. The molecule has 1 N–H and O–H groups in total. The number of thioether (sulfide) groups is 1. The fourth-order valence-electron chi connectivity index (χ4n) is 3.80. The number of benzene rings is 1. The predicted octanol–water partition coefficient (Wildman–Crippen LogP) is 2.44. The molecule has 0 radical (unpaired) electrons. The number of nitrogens with zero attached hydrogens (tertiary/aromatic N) is 3. The Hall–Kier alpha value is -0.770. The average molecular weight is 445 g/mol. The van der Waals surface area contributed by atoms with Gasteiger partial charge in [0.25, 0.3) is 10.0 Å². The minimum absolute atomic E-state index is 0.347. The molecule has 3 atom stereocenters. The van der Waals surface area contributed by atoms with Crippen LogP contribution in [-0.4, -0.2) is 60.1 Å². The molecule has 1 saturated heterocycles. The van der Waals surface area contributed by atoms with Crippen LogP contribution in [0, 0.1) is 0 Å². The van der Waals surface area contributed by atoms with Crippen LogP contribution in [0.1, 0.15) is 23.6 Å². The van der Waals surface area contributed by atoms with Gasteiger partial charge in [-0.2, -0.15) is 0 Å². The maximum atomic E-state index is 13.0. The Kier molecular flexibility index (Phi) is 4.54. The van der Waals surface area contributed by atoms with Crippen molar-refractivity contribution in [1.82, 2.24) is 9.80 Å². The van der Waals surface area contributed by atoms with Gasteiger partial charge in [0.1, 0.15) is 4.95 Å². The number of aryl methyl sites for hydroxylation is 1. The molecule has 2 heterocycles. The highest BCUT2D eigenvalue weighted by Crippen LogP contribution is 2.38. The maximum Gasteiger partial charge on any atom is 0.257 e.